The first-order chi connectivity index (χ1) is 9.22. The van der Waals surface area contributed by atoms with Gasteiger partial charge in [0.15, 0.2) is 0 Å². The largest absolute Gasteiger partial charge is 0.439 e. The second-order valence-corrected chi connectivity index (χ2v) is 3.75. The molecule has 1 heterocycles. The normalized spacial score (nSPS) is 9.74. The molecule has 2 aromatic rings. The Bertz CT molecular complexity index is 622. The highest BCUT2D eigenvalue weighted by Gasteiger charge is 2.05. The molecule has 0 fully saturated rings. The summed E-state index contributed by atoms with van der Waals surface area (Å²) < 4.78 is 18.9. The number of nitrogens with zero attached hydrogens (tertiary/aromatic N) is 2. The summed E-state index contributed by atoms with van der Waals surface area (Å²) in [4.78, 5) is 4.21. The number of hydrogen-bond acceptors (Lipinski definition) is 4. The van der Waals surface area contributed by atoms with Crippen LogP contribution >= 0.6 is 0 Å². The summed E-state index contributed by atoms with van der Waals surface area (Å²) in [7, 11) is 0. The summed E-state index contributed by atoms with van der Waals surface area (Å²) in [5.41, 5.74) is -0.0123. The van der Waals surface area contributed by atoms with E-state index >= 15 is 0 Å². The average molecular weight is 257 g/mol. The van der Waals surface area contributed by atoms with Crippen molar-refractivity contribution in [3.63, 3.8) is 0 Å². The van der Waals surface area contributed by atoms with Crippen LogP contribution in [0.4, 0.5) is 10.2 Å². The summed E-state index contributed by atoms with van der Waals surface area (Å²) in [6, 6.07) is 11.1. The zero-order chi connectivity index (χ0) is 13.7. The molecule has 0 atom stereocenters. The van der Waals surface area contributed by atoms with Crippen molar-refractivity contribution >= 4 is 5.82 Å². The van der Waals surface area contributed by atoms with Gasteiger partial charge in [0, 0.05) is 18.7 Å². The Morgan fingerprint density at radius 2 is 2.21 bits per heavy atom. The number of rotatable bonds is 4. The Labute approximate surface area is 110 Å². The SMILES string of the molecule is CCNc1cccc(Oc2ccc(C#N)c(F)c2)n1. The zero-order valence-electron chi connectivity index (χ0n) is 10.4. The fraction of sp³-hybridized carbons (Fsp3) is 0.143. The van der Waals surface area contributed by atoms with Gasteiger partial charge in [-0.2, -0.15) is 10.2 Å². The summed E-state index contributed by atoms with van der Waals surface area (Å²) in [6.45, 7) is 2.72. The van der Waals surface area contributed by atoms with Crippen molar-refractivity contribution in [2.75, 3.05) is 11.9 Å². The number of pyridine rings is 1. The van der Waals surface area contributed by atoms with Gasteiger partial charge in [-0.15, -0.1) is 0 Å². The number of aromatic nitrogens is 1. The van der Waals surface area contributed by atoms with Crippen LogP contribution in [0.5, 0.6) is 11.6 Å². The first-order valence-corrected chi connectivity index (χ1v) is 5.81. The minimum Gasteiger partial charge on any atom is -0.439 e. The van der Waals surface area contributed by atoms with Gasteiger partial charge in [0.05, 0.1) is 5.56 Å². The molecule has 0 radical (unpaired) electrons. The third-order valence-electron chi connectivity index (χ3n) is 2.36. The van der Waals surface area contributed by atoms with Crippen LogP contribution in [0.25, 0.3) is 0 Å². The van der Waals surface area contributed by atoms with Crippen LogP contribution in [0, 0.1) is 17.1 Å². The van der Waals surface area contributed by atoms with Crippen molar-refractivity contribution < 1.29 is 9.13 Å². The van der Waals surface area contributed by atoms with E-state index in [0.29, 0.717) is 17.4 Å². The summed E-state index contributed by atoms with van der Waals surface area (Å²) in [5, 5.41) is 11.7. The number of nitriles is 1. The predicted octanol–water partition coefficient (Wildman–Crippen LogP) is 3.32. The highest BCUT2D eigenvalue weighted by atomic mass is 19.1. The van der Waals surface area contributed by atoms with E-state index in [4.69, 9.17) is 10.00 Å². The third kappa shape index (κ3) is 3.19. The number of anilines is 1. The van der Waals surface area contributed by atoms with E-state index < -0.39 is 5.82 Å². The maximum Gasteiger partial charge on any atom is 0.221 e. The van der Waals surface area contributed by atoms with Crippen molar-refractivity contribution in [2.45, 2.75) is 6.92 Å². The van der Waals surface area contributed by atoms with Crippen LogP contribution in [0.2, 0.25) is 0 Å². The monoisotopic (exact) mass is 257 g/mol. The molecular formula is C14H12FN3O. The molecule has 0 saturated heterocycles. The van der Waals surface area contributed by atoms with Gasteiger partial charge in [0.1, 0.15) is 23.5 Å². The molecule has 0 unspecified atom stereocenters. The standard InChI is InChI=1S/C14H12FN3O/c1-2-17-13-4-3-5-14(18-13)19-11-7-6-10(9-16)12(15)8-11/h3-8H,2H2,1H3,(H,17,18). The van der Waals surface area contributed by atoms with Crippen LogP contribution in [0.1, 0.15) is 12.5 Å². The van der Waals surface area contributed by atoms with Gasteiger partial charge in [-0.25, -0.2) is 4.39 Å². The Balaban J connectivity index is 2.19. The molecule has 1 aromatic heterocycles. The summed E-state index contributed by atoms with van der Waals surface area (Å²) in [5.74, 6) is 0.747. The van der Waals surface area contributed by atoms with Crippen LogP contribution < -0.4 is 10.1 Å². The molecule has 0 bridgehead atoms. The van der Waals surface area contributed by atoms with Gasteiger partial charge >= 0.3 is 0 Å². The van der Waals surface area contributed by atoms with Crippen molar-refractivity contribution in [1.82, 2.24) is 4.98 Å². The topological polar surface area (TPSA) is 57.9 Å². The van der Waals surface area contributed by atoms with Gasteiger partial charge in [-0.3, -0.25) is 0 Å². The second kappa shape index (κ2) is 5.83. The lowest BCUT2D eigenvalue weighted by Gasteiger charge is -2.07. The van der Waals surface area contributed by atoms with Crippen molar-refractivity contribution in [1.29, 1.82) is 5.26 Å². The van der Waals surface area contributed by atoms with Gasteiger partial charge in [0.2, 0.25) is 5.88 Å². The maximum absolute atomic E-state index is 13.4. The second-order valence-electron chi connectivity index (χ2n) is 3.75. The molecule has 0 spiro atoms. The molecule has 1 aromatic carbocycles. The van der Waals surface area contributed by atoms with Crippen LogP contribution in [0.3, 0.4) is 0 Å². The maximum atomic E-state index is 13.4. The lowest BCUT2D eigenvalue weighted by molar-refractivity contribution is 0.458. The Morgan fingerprint density at radius 3 is 2.89 bits per heavy atom. The molecule has 96 valence electrons. The van der Waals surface area contributed by atoms with Crippen LogP contribution in [-0.4, -0.2) is 11.5 Å². The first-order valence-electron chi connectivity index (χ1n) is 5.81. The molecule has 4 nitrogen and oxygen atoms in total. The highest BCUT2D eigenvalue weighted by molar-refractivity contribution is 5.40. The molecule has 0 amide bonds. The quantitative estimate of drug-likeness (QED) is 0.912. The predicted molar refractivity (Wildman–Crippen MR) is 69.6 cm³/mol. The van der Waals surface area contributed by atoms with E-state index in [1.807, 2.05) is 13.0 Å². The van der Waals surface area contributed by atoms with E-state index in [-0.39, 0.29) is 5.56 Å². The Kier molecular flexibility index (Phi) is 3.94. The fourth-order valence-corrected chi connectivity index (χ4v) is 1.52. The number of benzene rings is 1. The molecular weight excluding hydrogens is 245 g/mol. The fourth-order valence-electron chi connectivity index (χ4n) is 1.52. The highest BCUT2D eigenvalue weighted by Crippen LogP contribution is 2.22. The van der Waals surface area contributed by atoms with Crippen LogP contribution in [0.15, 0.2) is 36.4 Å². The third-order valence-corrected chi connectivity index (χ3v) is 2.36. The molecule has 5 heteroatoms. The molecule has 1 N–H and O–H groups in total. The van der Waals surface area contributed by atoms with E-state index in [0.717, 1.165) is 6.54 Å². The minimum atomic E-state index is -0.608. The van der Waals surface area contributed by atoms with Crippen molar-refractivity contribution in [2.24, 2.45) is 0 Å². The van der Waals surface area contributed by atoms with Crippen molar-refractivity contribution in [3.8, 4) is 17.7 Å². The Hall–Kier alpha value is -2.61. The molecule has 0 aliphatic rings. The van der Waals surface area contributed by atoms with Crippen molar-refractivity contribution in [3.05, 3.63) is 47.8 Å². The summed E-state index contributed by atoms with van der Waals surface area (Å²) >= 11 is 0. The minimum absolute atomic E-state index is 0.0123. The van der Waals surface area contributed by atoms with Gasteiger partial charge in [-0.05, 0) is 25.1 Å². The summed E-state index contributed by atoms with van der Waals surface area (Å²) in [6.07, 6.45) is 0. The first kappa shape index (κ1) is 12.8. The smallest absolute Gasteiger partial charge is 0.221 e. The molecule has 2 rings (SSSR count). The molecule has 0 aliphatic carbocycles. The van der Waals surface area contributed by atoms with E-state index in [1.54, 1.807) is 18.2 Å². The van der Waals surface area contributed by atoms with E-state index in [1.165, 1.54) is 18.2 Å². The zero-order valence-corrected chi connectivity index (χ0v) is 10.4. The van der Waals surface area contributed by atoms with E-state index in [2.05, 4.69) is 10.3 Å². The van der Waals surface area contributed by atoms with E-state index in [9.17, 15) is 4.39 Å². The van der Waals surface area contributed by atoms with Gasteiger partial charge < -0.3 is 10.1 Å². The van der Waals surface area contributed by atoms with Gasteiger partial charge in [0.25, 0.3) is 0 Å². The van der Waals surface area contributed by atoms with Crippen LogP contribution in [-0.2, 0) is 0 Å². The Morgan fingerprint density at radius 1 is 1.37 bits per heavy atom. The number of hydrogen-bond donors (Lipinski definition) is 1. The number of halogens is 1. The molecule has 19 heavy (non-hydrogen) atoms. The lowest BCUT2D eigenvalue weighted by atomic mass is 10.2. The van der Waals surface area contributed by atoms with Gasteiger partial charge in [-0.1, -0.05) is 6.07 Å². The average Bonchev–Trinajstić information content (AvgIpc) is 2.40. The number of nitrogens with one attached hydrogen (secondary N) is 1. The number of ether oxygens (including phenoxy) is 1. The lowest BCUT2D eigenvalue weighted by Crippen LogP contribution is -1.99. The molecule has 0 aliphatic heterocycles. The molecule has 0 saturated carbocycles.